The first-order chi connectivity index (χ1) is 11.5. The van der Waals surface area contributed by atoms with Crippen molar-refractivity contribution in [3.05, 3.63) is 70.8 Å². The van der Waals surface area contributed by atoms with Gasteiger partial charge < -0.3 is 5.11 Å². The minimum atomic E-state index is -1.30. The molecule has 6 nitrogen and oxygen atoms in total. The second-order valence-electron chi connectivity index (χ2n) is 5.39. The lowest BCUT2D eigenvalue weighted by Gasteiger charge is -2.22. The van der Waals surface area contributed by atoms with E-state index >= 15 is 0 Å². The molecule has 0 bridgehead atoms. The molecule has 0 saturated carbocycles. The van der Waals surface area contributed by atoms with Gasteiger partial charge >= 0.3 is 5.97 Å². The monoisotopic (exact) mass is 320 g/mol. The van der Waals surface area contributed by atoms with Gasteiger partial charge in [-0.1, -0.05) is 24.3 Å². The van der Waals surface area contributed by atoms with E-state index in [0.29, 0.717) is 11.1 Å². The second-order valence-corrected chi connectivity index (χ2v) is 5.39. The lowest BCUT2D eigenvalue weighted by atomic mass is 10.0. The average Bonchev–Trinajstić information content (AvgIpc) is 2.85. The van der Waals surface area contributed by atoms with Crippen molar-refractivity contribution in [1.29, 1.82) is 5.26 Å². The summed E-state index contributed by atoms with van der Waals surface area (Å²) < 4.78 is 0. The van der Waals surface area contributed by atoms with Gasteiger partial charge in [0.15, 0.2) is 0 Å². The van der Waals surface area contributed by atoms with Gasteiger partial charge in [-0.05, 0) is 29.8 Å². The Hall–Kier alpha value is -3.46. The van der Waals surface area contributed by atoms with E-state index in [1.54, 1.807) is 36.4 Å². The van der Waals surface area contributed by atoms with Crippen LogP contribution in [0.5, 0.6) is 0 Å². The predicted molar refractivity (Wildman–Crippen MR) is 83.2 cm³/mol. The Morgan fingerprint density at radius 1 is 1.04 bits per heavy atom. The molecule has 2 aromatic carbocycles. The van der Waals surface area contributed by atoms with Crippen LogP contribution in [0.2, 0.25) is 0 Å². The number of carboxylic acid groups (broad SMARTS) is 1. The summed E-state index contributed by atoms with van der Waals surface area (Å²) in [6, 6.07) is 13.3. The van der Waals surface area contributed by atoms with E-state index < -0.39 is 23.8 Å². The van der Waals surface area contributed by atoms with E-state index in [1.807, 2.05) is 6.07 Å². The first kappa shape index (κ1) is 15.4. The molecule has 0 aliphatic carbocycles. The zero-order valence-electron chi connectivity index (χ0n) is 12.5. The molecule has 118 valence electrons. The number of amides is 2. The third kappa shape index (κ3) is 2.52. The van der Waals surface area contributed by atoms with Gasteiger partial charge in [0.05, 0.1) is 22.8 Å². The van der Waals surface area contributed by atoms with Crippen LogP contribution in [-0.4, -0.2) is 33.8 Å². The predicted octanol–water partition coefficient (Wildman–Crippen LogP) is 1.85. The molecule has 2 amide bonds. The number of nitriles is 1. The molecule has 1 aliphatic heterocycles. The smallest absolute Gasteiger partial charge is 0.327 e. The maximum Gasteiger partial charge on any atom is 0.327 e. The molecule has 3 rings (SSSR count). The molecule has 2 aromatic rings. The van der Waals surface area contributed by atoms with Crippen LogP contribution in [-0.2, 0) is 11.2 Å². The standard InChI is InChI=1S/C18H12N2O4/c19-10-12-7-5-11(6-8-12)9-15(18(23)24)20-16(21)13-3-1-2-4-14(13)17(20)22/h1-8,15H,9H2,(H,23,24)/t15-/m0/s1. The zero-order valence-corrected chi connectivity index (χ0v) is 12.5. The van der Waals surface area contributed by atoms with Crippen LogP contribution in [0.3, 0.4) is 0 Å². The maximum atomic E-state index is 12.4. The van der Waals surface area contributed by atoms with Crippen molar-refractivity contribution in [2.75, 3.05) is 0 Å². The van der Waals surface area contributed by atoms with Gasteiger partial charge in [0.1, 0.15) is 6.04 Å². The molecular weight excluding hydrogens is 308 g/mol. The molecule has 0 saturated heterocycles. The lowest BCUT2D eigenvalue weighted by Crippen LogP contribution is -2.46. The highest BCUT2D eigenvalue weighted by molar-refractivity contribution is 6.22. The van der Waals surface area contributed by atoms with Gasteiger partial charge in [-0.15, -0.1) is 0 Å². The number of nitrogens with zero attached hydrogens (tertiary/aromatic N) is 2. The minimum Gasteiger partial charge on any atom is -0.480 e. The molecule has 1 aliphatic rings. The Morgan fingerprint density at radius 2 is 1.58 bits per heavy atom. The van der Waals surface area contributed by atoms with Crippen LogP contribution in [0.25, 0.3) is 0 Å². The number of carbonyl (C=O) groups excluding carboxylic acids is 2. The summed E-state index contributed by atoms with van der Waals surface area (Å²) in [7, 11) is 0. The molecule has 0 spiro atoms. The minimum absolute atomic E-state index is 0.0213. The van der Waals surface area contributed by atoms with Gasteiger partial charge in [0.25, 0.3) is 11.8 Å². The van der Waals surface area contributed by atoms with Gasteiger partial charge in [-0.3, -0.25) is 14.5 Å². The molecule has 0 aromatic heterocycles. The molecule has 0 radical (unpaired) electrons. The summed E-state index contributed by atoms with van der Waals surface area (Å²) in [5, 5.41) is 18.3. The number of carboxylic acids is 1. The fourth-order valence-corrected chi connectivity index (χ4v) is 2.72. The lowest BCUT2D eigenvalue weighted by molar-refractivity contribution is -0.141. The Balaban J connectivity index is 1.92. The average molecular weight is 320 g/mol. The van der Waals surface area contributed by atoms with E-state index in [9.17, 15) is 19.5 Å². The number of imide groups is 1. The fourth-order valence-electron chi connectivity index (χ4n) is 2.72. The number of benzene rings is 2. The third-order valence-electron chi connectivity index (χ3n) is 3.93. The van der Waals surface area contributed by atoms with Gasteiger partial charge in [0, 0.05) is 6.42 Å². The zero-order chi connectivity index (χ0) is 17.3. The molecule has 1 heterocycles. The first-order valence-electron chi connectivity index (χ1n) is 7.21. The van der Waals surface area contributed by atoms with Gasteiger partial charge in [0.2, 0.25) is 0 Å². The fraction of sp³-hybridized carbons (Fsp3) is 0.111. The van der Waals surface area contributed by atoms with Crippen molar-refractivity contribution in [1.82, 2.24) is 4.90 Å². The maximum absolute atomic E-state index is 12.4. The number of rotatable bonds is 4. The van der Waals surface area contributed by atoms with Crippen LogP contribution in [0.4, 0.5) is 0 Å². The highest BCUT2D eigenvalue weighted by Crippen LogP contribution is 2.26. The SMILES string of the molecule is N#Cc1ccc(C[C@@H](C(=O)O)N2C(=O)c3ccccc3C2=O)cc1. The summed E-state index contributed by atoms with van der Waals surface area (Å²) in [6.45, 7) is 0. The van der Waals surface area contributed by atoms with Crippen molar-refractivity contribution in [2.24, 2.45) is 0 Å². The van der Waals surface area contributed by atoms with Crippen LogP contribution in [0, 0.1) is 11.3 Å². The molecule has 24 heavy (non-hydrogen) atoms. The van der Waals surface area contributed by atoms with Crippen molar-refractivity contribution in [3.63, 3.8) is 0 Å². The quantitative estimate of drug-likeness (QED) is 0.867. The molecule has 6 heteroatoms. The van der Waals surface area contributed by atoms with Crippen molar-refractivity contribution < 1.29 is 19.5 Å². The molecule has 0 fully saturated rings. The number of hydrogen-bond acceptors (Lipinski definition) is 4. The topological polar surface area (TPSA) is 98.5 Å². The van der Waals surface area contributed by atoms with E-state index in [2.05, 4.69) is 0 Å². The summed E-state index contributed by atoms with van der Waals surface area (Å²) in [5.74, 6) is -2.46. The van der Waals surface area contributed by atoms with Crippen LogP contribution in [0.15, 0.2) is 48.5 Å². The summed E-state index contributed by atoms with van der Waals surface area (Å²) in [5.41, 5.74) is 1.51. The summed E-state index contributed by atoms with van der Waals surface area (Å²) in [4.78, 5) is 37.3. The Labute approximate surface area is 137 Å². The Bertz CT molecular complexity index is 846. The highest BCUT2D eigenvalue weighted by Gasteiger charge is 2.42. The Kier molecular flexibility index (Phi) is 3.84. The highest BCUT2D eigenvalue weighted by atomic mass is 16.4. The van der Waals surface area contributed by atoms with Crippen LogP contribution < -0.4 is 0 Å². The molecule has 0 unspecified atom stereocenters. The summed E-state index contributed by atoms with van der Waals surface area (Å²) in [6.07, 6.45) is -0.0213. The largest absolute Gasteiger partial charge is 0.480 e. The summed E-state index contributed by atoms with van der Waals surface area (Å²) >= 11 is 0. The van der Waals surface area contributed by atoms with E-state index in [0.717, 1.165) is 4.90 Å². The van der Waals surface area contributed by atoms with E-state index in [1.165, 1.54) is 12.1 Å². The molecular formula is C18H12N2O4. The van der Waals surface area contributed by atoms with Crippen LogP contribution >= 0.6 is 0 Å². The molecule has 1 N–H and O–H groups in total. The number of fused-ring (bicyclic) bond motifs is 1. The van der Waals surface area contributed by atoms with E-state index in [4.69, 9.17) is 5.26 Å². The van der Waals surface area contributed by atoms with Gasteiger partial charge in [-0.2, -0.15) is 5.26 Å². The number of aliphatic carboxylic acids is 1. The van der Waals surface area contributed by atoms with E-state index in [-0.39, 0.29) is 17.5 Å². The third-order valence-corrected chi connectivity index (χ3v) is 3.93. The van der Waals surface area contributed by atoms with Crippen LogP contribution in [0.1, 0.15) is 31.8 Å². The van der Waals surface area contributed by atoms with Gasteiger partial charge in [-0.25, -0.2) is 4.79 Å². The Morgan fingerprint density at radius 3 is 2.04 bits per heavy atom. The molecule has 1 atom stereocenters. The second kappa shape index (κ2) is 5.97. The van der Waals surface area contributed by atoms with Crippen molar-refractivity contribution in [2.45, 2.75) is 12.5 Å². The first-order valence-corrected chi connectivity index (χ1v) is 7.21. The van der Waals surface area contributed by atoms with Crippen molar-refractivity contribution in [3.8, 4) is 6.07 Å². The van der Waals surface area contributed by atoms with Crippen molar-refractivity contribution >= 4 is 17.8 Å². The normalized spacial score (nSPS) is 14.2. The number of carbonyl (C=O) groups is 3. The number of hydrogen-bond donors (Lipinski definition) is 1.